The second-order valence-corrected chi connectivity index (χ2v) is 5.49. The van der Waals surface area contributed by atoms with Gasteiger partial charge in [0.05, 0.1) is 12.1 Å². The van der Waals surface area contributed by atoms with Crippen molar-refractivity contribution in [2.75, 3.05) is 7.11 Å². The van der Waals surface area contributed by atoms with E-state index in [-0.39, 0.29) is 11.2 Å². The molecule has 0 amide bonds. The zero-order valence-corrected chi connectivity index (χ0v) is 12.3. The summed E-state index contributed by atoms with van der Waals surface area (Å²) in [6.45, 7) is 4.08. The number of Topliss-reactive ketones (excluding diaryl/α,β-unsaturated/α-hetero) is 1. The van der Waals surface area contributed by atoms with Crippen LogP contribution in [0.5, 0.6) is 5.75 Å². The molecule has 0 N–H and O–H groups in total. The van der Waals surface area contributed by atoms with Gasteiger partial charge in [0.25, 0.3) is 0 Å². The fraction of sp³-hybridized carbons (Fsp3) is 0.500. The first-order valence-electron chi connectivity index (χ1n) is 6.10. The molecule has 2 rings (SSSR count). The van der Waals surface area contributed by atoms with E-state index in [9.17, 15) is 4.79 Å². The lowest BCUT2D eigenvalue weighted by molar-refractivity contribution is 0.0805. The third-order valence-electron chi connectivity index (χ3n) is 4.07. The van der Waals surface area contributed by atoms with Crippen molar-refractivity contribution in [3.63, 3.8) is 0 Å². The Bertz CT molecular complexity index is 505. The van der Waals surface area contributed by atoms with E-state index in [2.05, 4.69) is 0 Å². The third kappa shape index (κ3) is 1.74. The molecule has 0 spiro atoms. The maximum absolute atomic E-state index is 12.6. The van der Waals surface area contributed by atoms with E-state index in [0.29, 0.717) is 21.4 Å². The Morgan fingerprint density at radius 3 is 2.39 bits per heavy atom. The van der Waals surface area contributed by atoms with Gasteiger partial charge in [0, 0.05) is 11.0 Å². The summed E-state index contributed by atoms with van der Waals surface area (Å²) in [6, 6.07) is 1.84. The van der Waals surface area contributed by atoms with Gasteiger partial charge in [0.2, 0.25) is 0 Å². The smallest absolute Gasteiger partial charge is 0.171 e. The molecule has 0 saturated heterocycles. The van der Waals surface area contributed by atoms with E-state index in [1.54, 1.807) is 7.11 Å². The van der Waals surface area contributed by atoms with Crippen LogP contribution in [-0.2, 0) is 6.42 Å². The predicted octanol–water partition coefficient (Wildman–Crippen LogP) is 4.55. The van der Waals surface area contributed by atoms with Gasteiger partial charge in [-0.25, -0.2) is 0 Å². The van der Waals surface area contributed by atoms with Gasteiger partial charge in [0.15, 0.2) is 5.78 Å². The van der Waals surface area contributed by atoms with Crippen LogP contribution in [0, 0.1) is 5.41 Å². The molecular weight excluding hydrogens is 271 g/mol. The Hall–Kier alpha value is -0.730. The molecule has 1 aromatic rings. The molecule has 98 valence electrons. The molecule has 0 radical (unpaired) electrons. The normalized spacial score (nSPS) is 16.8. The molecule has 0 saturated carbocycles. The zero-order valence-electron chi connectivity index (χ0n) is 10.8. The first-order valence-corrected chi connectivity index (χ1v) is 6.86. The summed E-state index contributed by atoms with van der Waals surface area (Å²) in [5, 5.41) is 0.661. The molecule has 0 fully saturated rings. The van der Waals surface area contributed by atoms with Crippen LogP contribution in [0.2, 0.25) is 10.0 Å². The summed E-state index contributed by atoms with van der Waals surface area (Å²) in [4.78, 5) is 12.6. The van der Waals surface area contributed by atoms with Crippen molar-refractivity contribution in [2.24, 2.45) is 5.41 Å². The van der Waals surface area contributed by atoms with Gasteiger partial charge in [-0.15, -0.1) is 0 Å². The number of fused-ring (bicyclic) bond motifs is 1. The topological polar surface area (TPSA) is 26.3 Å². The molecule has 1 aliphatic rings. The van der Waals surface area contributed by atoms with Crippen molar-refractivity contribution in [2.45, 2.75) is 33.1 Å². The quantitative estimate of drug-likeness (QED) is 0.815. The summed E-state index contributed by atoms with van der Waals surface area (Å²) in [5.41, 5.74) is 1.22. The summed E-state index contributed by atoms with van der Waals surface area (Å²) in [7, 11) is 1.55. The van der Waals surface area contributed by atoms with Gasteiger partial charge in [-0.2, -0.15) is 0 Å². The van der Waals surface area contributed by atoms with Crippen LogP contribution in [-0.4, -0.2) is 12.9 Å². The molecule has 18 heavy (non-hydrogen) atoms. The van der Waals surface area contributed by atoms with Crippen molar-refractivity contribution in [3.8, 4) is 5.75 Å². The summed E-state index contributed by atoms with van der Waals surface area (Å²) in [6.07, 6.45) is 2.35. The van der Waals surface area contributed by atoms with Crippen LogP contribution in [0.25, 0.3) is 0 Å². The van der Waals surface area contributed by atoms with Gasteiger partial charge in [0.1, 0.15) is 10.8 Å². The number of benzene rings is 1. The number of hydrogen-bond acceptors (Lipinski definition) is 2. The number of halogens is 2. The lowest BCUT2D eigenvalue weighted by atomic mass is 9.79. The SMILES string of the molecule is CCC1(CC)Cc2cc(OC)c(Cl)c(Cl)c2C1=O. The van der Waals surface area contributed by atoms with Crippen LogP contribution < -0.4 is 4.74 Å². The second kappa shape index (κ2) is 4.75. The van der Waals surface area contributed by atoms with Crippen LogP contribution >= 0.6 is 23.2 Å². The maximum Gasteiger partial charge on any atom is 0.171 e. The van der Waals surface area contributed by atoms with Gasteiger partial charge in [-0.05, 0) is 30.9 Å². The fourth-order valence-corrected chi connectivity index (χ4v) is 3.24. The Morgan fingerprint density at radius 2 is 1.89 bits per heavy atom. The highest BCUT2D eigenvalue weighted by Gasteiger charge is 2.44. The van der Waals surface area contributed by atoms with Crippen molar-refractivity contribution >= 4 is 29.0 Å². The highest BCUT2D eigenvalue weighted by molar-refractivity contribution is 6.45. The number of ketones is 1. The van der Waals surface area contributed by atoms with E-state index in [0.717, 1.165) is 24.8 Å². The van der Waals surface area contributed by atoms with E-state index in [1.807, 2.05) is 19.9 Å². The Kier molecular flexibility index (Phi) is 3.61. The van der Waals surface area contributed by atoms with Crippen molar-refractivity contribution < 1.29 is 9.53 Å². The van der Waals surface area contributed by atoms with Gasteiger partial charge >= 0.3 is 0 Å². The molecule has 1 aromatic carbocycles. The van der Waals surface area contributed by atoms with Crippen LogP contribution in [0.1, 0.15) is 42.6 Å². The van der Waals surface area contributed by atoms with Crippen molar-refractivity contribution in [1.82, 2.24) is 0 Å². The average Bonchev–Trinajstić information content (AvgIpc) is 2.67. The summed E-state index contributed by atoms with van der Waals surface area (Å²) < 4.78 is 5.19. The second-order valence-electron chi connectivity index (χ2n) is 4.73. The van der Waals surface area contributed by atoms with E-state index < -0.39 is 0 Å². The maximum atomic E-state index is 12.6. The standard InChI is InChI=1S/C14H16Cl2O2/c1-4-14(5-2)7-8-6-9(18-3)11(15)12(16)10(8)13(14)17/h6H,4-5,7H2,1-3H3. The molecule has 0 unspecified atom stereocenters. The molecule has 0 aliphatic heterocycles. The number of rotatable bonds is 3. The van der Waals surface area contributed by atoms with Gasteiger partial charge in [-0.1, -0.05) is 37.0 Å². The highest BCUT2D eigenvalue weighted by Crippen LogP contribution is 2.48. The molecule has 0 aromatic heterocycles. The number of hydrogen-bond donors (Lipinski definition) is 0. The zero-order chi connectivity index (χ0) is 13.5. The Balaban J connectivity index is 2.63. The lowest BCUT2D eigenvalue weighted by Crippen LogP contribution is -2.26. The van der Waals surface area contributed by atoms with Crippen molar-refractivity contribution in [1.29, 1.82) is 0 Å². The van der Waals surface area contributed by atoms with Crippen LogP contribution in [0.3, 0.4) is 0 Å². The first kappa shape index (κ1) is 13.7. The van der Waals surface area contributed by atoms with Gasteiger partial charge < -0.3 is 4.74 Å². The Morgan fingerprint density at radius 1 is 1.28 bits per heavy atom. The minimum atomic E-state index is -0.318. The summed E-state index contributed by atoms with van der Waals surface area (Å²) in [5.74, 6) is 0.660. The molecular formula is C14H16Cl2O2. The number of carbonyl (C=O) groups excluding carboxylic acids is 1. The van der Waals surface area contributed by atoms with Crippen molar-refractivity contribution in [3.05, 3.63) is 27.2 Å². The molecule has 0 atom stereocenters. The molecule has 4 heteroatoms. The monoisotopic (exact) mass is 286 g/mol. The number of methoxy groups -OCH3 is 1. The predicted molar refractivity (Wildman–Crippen MR) is 74.1 cm³/mol. The highest BCUT2D eigenvalue weighted by atomic mass is 35.5. The largest absolute Gasteiger partial charge is 0.495 e. The van der Waals surface area contributed by atoms with Gasteiger partial charge in [-0.3, -0.25) is 4.79 Å². The number of carbonyl (C=O) groups is 1. The minimum absolute atomic E-state index is 0.122. The molecule has 1 aliphatic carbocycles. The van der Waals surface area contributed by atoms with E-state index in [4.69, 9.17) is 27.9 Å². The van der Waals surface area contributed by atoms with Crippen LogP contribution in [0.15, 0.2) is 6.07 Å². The number of ether oxygens (including phenoxy) is 1. The van der Waals surface area contributed by atoms with E-state index >= 15 is 0 Å². The summed E-state index contributed by atoms with van der Waals surface area (Å²) >= 11 is 12.3. The average molecular weight is 287 g/mol. The first-order chi connectivity index (χ1) is 8.50. The third-order valence-corrected chi connectivity index (χ3v) is 4.92. The Labute approximate surface area is 117 Å². The fourth-order valence-electron chi connectivity index (χ4n) is 2.72. The molecule has 0 heterocycles. The molecule has 0 bridgehead atoms. The molecule has 2 nitrogen and oxygen atoms in total. The minimum Gasteiger partial charge on any atom is -0.495 e. The lowest BCUT2D eigenvalue weighted by Gasteiger charge is -2.23. The van der Waals surface area contributed by atoms with E-state index in [1.165, 1.54) is 0 Å². The van der Waals surface area contributed by atoms with Crippen LogP contribution in [0.4, 0.5) is 0 Å².